The molecule has 0 saturated heterocycles. The summed E-state index contributed by atoms with van der Waals surface area (Å²) in [4.78, 5) is 8.21. The highest BCUT2D eigenvalue weighted by atomic mass is 32.2. The summed E-state index contributed by atoms with van der Waals surface area (Å²) in [5.74, 6) is 0.887. The number of ether oxygens (including phenoxy) is 1. The average molecular weight is 385 g/mol. The van der Waals surface area contributed by atoms with E-state index in [9.17, 15) is 0 Å². The highest BCUT2D eigenvalue weighted by Gasteiger charge is 2.08. The predicted molar refractivity (Wildman–Crippen MR) is 117 cm³/mol. The van der Waals surface area contributed by atoms with Gasteiger partial charge in [0.15, 0.2) is 0 Å². The second kappa shape index (κ2) is 8.60. The van der Waals surface area contributed by atoms with Crippen LogP contribution in [0.15, 0.2) is 41.3 Å². The van der Waals surface area contributed by atoms with Gasteiger partial charge in [0, 0.05) is 24.8 Å². The molecule has 3 aromatic rings. The molecule has 2 aromatic carbocycles. The van der Waals surface area contributed by atoms with Crippen molar-refractivity contribution in [1.82, 2.24) is 4.98 Å². The molecule has 0 fully saturated rings. The van der Waals surface area contributed by atoms with E-state index in [0.29, 0.717) is 0 Å². The van der Waals surface area contributed by atoms with E-state index in [4.69, 9.17) is 9.72 Å². The van der Waals surface area contributed by atoms with E-state index in [0.717, 1.165) is 34.3 Å². The maximum absolute atomic E-state index is 5.45. The second-order valence-electron chi connectivity index (χ2n) is 5.82. The molecule has 0 amide bonds. The van der Waals surface area contributed by atoms with Gasteiger partial charge in [-0.3, -0.25) is 0 Å². The summed E-state index contributed by atoms with van der Waals surface area (Å²) >= 11 is 3.40. The lowest BCUT2D eigenvalue weighted by atomic mass is 10.2. The molecule has 0 atom stereocenters. The Hall–Kier alpha value is -1.98. The van der Waals surface area contributed by atoms with Crippen LogP contribution in [0.4, 0.5) is 5.69 Å². The highest BCUT2D eigenvalue weighted by molar-refractivity contribution is 7.98. The number of fused-ring (bicyclic) bond motifs is 1. The summed E-state index contributed by atoms with van der Waals surface area (Å²) in [5.41, 5.74) is 3.44. The van der Waals surface area contributed by atoms with Crippen LogP contribution in [-0.2, 0) is 0 Å². The zero-order valence-electron chi connectivity index (χ0n) is 15.7. The van der Waals surface area contributed by atoms with Crippen molar-refractivity contribution in [3.63, 3.8) is 0 Å². The number of benzene rings is 2. The van der Waals surface area contributed by atoms with E-state index >= 15 is 0 Å². The Labute approximate surface area is 163 Å². The van der Waals surface area contributed by atoms with Crippen LogP contribution >= 0.6 is 23.1 Å². The average Bonchev–Trinajstić information content (AvgIpc) is 3.08. The quantitative estimate of drug-likeness (QED) is 0.464. The summed E-state index contributed by atoms with van der Waals surface area (Å²) < 4.78 is 6.64. The van der Waals surface area contributed by atoms with Crippen molar-refractivity contribution >= 4 is 51.2 Å². The number of anilines is 1. The number of rotatable bonds is 7. The number of hydrogen-bond acceptors (Lipinski definition) is 5. The third kappa shape index (κ3) is 4.05. The monoisotopic (exact) mass is 384 g/mol. The first-order chi connectivity index (χ1) is 12.7. The molecule has 0 bridgehead atoms. The molecule has 26 heavy (non-hydrogen) atoms. The molecular formula is C21H24N2OS2. The van der Waals surface area contributed by atoms with Crippen LogP contribution in [0.1, 0.15) is 24.4 Å². The summed E-state index contributed by atoms with van der Waals surface area (Å²) in [5, 5.41) is 1.01. The smallest absolute Gasteiger partial charge is 0.134 e. The molecule has 5 heteroatoms. The second-order valence-corrected chi connectivity index (χ2v) is 7.73. The predicted octanol–water partition coefficient (Wildman–Crippen LogP) is 6.04. The highest BCUT2D eigenvalue weighted by Crippen LogP contribution is 2.35. The largest absolute Gasteiger partial charge is 0.496 e. The Bertz CT molecular complexity index is 855. The molecule has 0 spiro atoms. The van der Waals surface area contributed by atoms with E-state index in [1.165, 1.54) is 16.0 Å². The first-order valence-electron chi connectivity index (χ1n) is 8.74. The molecule has 3 nitrogen and oxygen atoms in total. The normalized spacial score (nSPS) is 11.4. The summed E-state index contributed by atoms with van der Waals surface area (Å²) in [6, 6.07) is 12.9. The molecule has 0 aliphatic heterocycles. The van der Waals surface area contributed by atoms with Crippen LogP contribution in [0.25, 0.3) is 22.4 Å². The lowest BCUT2D eigenvalue weighted by Crippen LogP contribution is -2.21. The molecule has 0 unspecified atom stereocenters. The molecule has 3 rings (SSSR count). The Balaban J connectivity index is 1.82. The van der Waals surface area contributed by atoms with Crippen LogP contribution in [0.3, 0.4) is 0 Å². The maximum atomic E-state index is 5.45. The molecular weight excluding hydrogens is 360 g/mol. The van der Waals surface area contributed by atoms with Gasteiger partial charge in [-0.2, -0.15) is 0 Å². The SMILES string of the molecule is CCN(CC)c1ccc(/C=C/c2nc3cc(OC)c(SC)cc3s2)cc1. The summed E-state index contributed by atoms with van der Waals surface area (Å²) in [6.45, 7) is 6.42. The van der Waals surface area contributed by atoms with E-state index in [-0.39, 0.29) is 0 Å². The Morgan fingerprint density at radius 1 is 1.12 bits per heavy atom. The fourth-order valence-corrected chi connectivity index (χ4v) is 4.44. The third-order valence-electron chi connectivity index (χ3n) is 4.35. The van der Waals surface area contributed by atoms with Crippen molar-refractivity contribution in [3.05, 3.63) is 47.0 Å². The minimum Gasteiger partial charge on any atom is -0.496 e. The summed E-state index contributed by atoms with van der Waals surface area (Å²) in [7, 11) is 1.70. The van der Waals surface area contributed by atoms with Gasteiger partial charge in [-0.05, 0) is 49.9 Å². The molecule has 1 heterocycles. The van der Waals surface area contributed by atoms with Crippen molar-refractivity contribution < 1.29 is 4.74 Å². The van der Waals surface area contributed by atoms with Gasteiger partial charge in [0.05, 0.1) is 22.2 Å². The molecule has 0 aliphatic carbocycles. The first kappa shape index (κ1) is 18.8. The van der Waals surface area contributed by atoms with Crippen molar-refractivity contribution in [2.45, 2.75) is 18.7 Å². The number of hydrogen-bond donors (Lipinski definition) is 0. The Kier molecular flexibility index (Phi) is 6.22. The van der Waals surface area contributed by atoms with Gasteiger partial charge in [0.2, 0.25) is 0 Å². The first-order valence-corrected chi connectivity index (χ1v) is 10.8. The molecule has 0 radical (unpaired) electrons. The van der Waals surface area contributed by atoms with Gasteiger partial charge >= 0.3 is 0 Å². The topological polar surface area (TPSA) is 25.4 Å². The molecule has 0 N–H and O–H groups in total. The minimum atomic E-state index is 0.887. The standard InChI is InChI=1S/C21H24N2OS2/c1-5-23(6-2)16-10-7-15(8-11-16)9-12-21-22-17-13-18(24-3)20(25-4)14-19(17)26-21/h7-14H,5-6H2,1-4H3/b12-9+. The van der Waals surface area contributed by atoms with Crippen LogP contribution in [0.2, 0.25) is 0 Å². The van der Waals surface area contributed by atoms with Gasteiger partial charge in [0.1, 0.15) is 10.8 Å². The molecule has 136 valence electrons. The van der Waals surface area contributed by atoms with Crippen LogP contribution in [-0.4, -0.2) is 31.4 Å². The number of nitrogens with zero attached hydrogens (tertiary/aromatic N) is 2. The molecule has 0 saturated carbocycles. The Morgan fingerprint density at radius 3 is 2.46 bits per heavy atom. The van der Waals surface area contributed by atoms with Crippen LogP contribution in [0.5, 0.6) is 5.75 Å². The minimum absolute atomic E-state index is 0.887. The van der Waals surface area contributed by atoms with Crippen molar-refractivity contribution in [1.29, 1.82) is 0 Å². The number of aromatic nitrogens is 1. The molecule has 0 aliphatic rings. The number of thioether (sulfide) groups is 1. The Morgan fingerprint density at radius 2 is 1.85 bits per heavy atom. The maximum Gasteiger partial charge on any atom is 0.134 e. The van der Waals surface area contributed by atoms with Crippen molar-refractivity contribution in [2.24, 2.45) is 0 Å². The van der Waals surface area contributed by atoms with Crippen LogP contribution in [0, 0.1) is 0 Å². The fourth-order valence-electron chi connectivity index (χ4n) is 2.90. The lowest BCUT2D eigenvalue weighted by Gasteiger charge is -2.20. The van der Waals surface area contributed by atoms with E-state index in [1.807, 2.05) is 6.07 Å². The number of thiazole rings is 1. The lowest BCUT2D eigenvalue weighted by molar-refractivity contribution is 0.405. The van der Waals surface area contributed by atoms with Crippen LogP contribution < -0.4 is 9.64 Å². The zero-order valence-corrected chi connectivity index (χ0v) is 17.3. The van der Waals surface area contributed by atoms with Crippen molar-refractivity contribution in [2.75, 3.05) is 31.4 Å². The van der Waals surface area contributed by atoms with E-state index in [1.54, 1.807) is 30.2 Å². The third-order valence-corrected chi connectivity index (χ3v) is 6.09. The van der Waals surface area contributed by atoms with Gasteiger partial charge in [-0.1, -0.05) is 18.2 Å². The number of methoxy groups -OCH3 is 1. The molecule has 1 aromatic heterocycles. The van der Waals surface area contributed by atoms with Crippen molar-refractivity contribution in [3.8, 4) is 5.75 Å². The van der Waals surface area contributed by atoms with Gasteiger partial charge in [-0.25, -0.2) is 4.98 Å². The zero-order chi connectivity index (χ0) is 18.5. The van der Waals surface area contributed by atoms with Gasteiger partial charge < -0.3 is 9.64 Å². The fraction of sp³-hybridized carbons (Fsp3) is 0.286. The van der Waals surface area contributed by atoms with E-state index in [2.05, 4.69) is 67.5 Å². The van der Waals surface area contributed by atoms with Gasteiger partial charge in [0.25, 0.3) is 0 Å². The van der Waals surface area contributed by atoms with Gasteiger partial charge in [-0.15, -0.1) is 23.1 Å². The van der Waals surface area contributed by atoms with E-state index < -0.39 is 0 Å². The summed E-state index contributed by atoms with van der Waals surface area (Å²) in [6.07, 6.45) is 6.27.